The molecule has 19 heavy (non-hydrogen) atoms. The molecule has 1 aromatic heterocycles. The van der Waals surface area contributed by atoms with Gasteiger partial charge in [0.2, 0.25) is 5.91 Å². The Labute approximate surface area is 109 Å². The summed E-state index contributed by atoms with van der Waals surface area (Å²) in [6.07, 6.45) is 1.47. The molecule has 0 fully saturated rings. The van der Waals surface area contributed by atoms with Gasteiger partial charge in [-0.25, -0.2) is 4.79 Å². The summed E-state index contributed by atoms with van der Waals surface area (Å²) in [6.45, 7) is 1.29. The first-order chi connectivity index (χ1) is 8.99. The predicted molar refractivity (Wildman–Crippen MR) is 64.2 cm³/mol. The van der Waals surface area contributed by atoms with Gasteiger partial charge in [-0.2, -0.15) is 0 Å². The van der Waals surface area contributed by atoms with Gasteiger partial charge in [0.15, 0.2) is 0 Å². The van der Waals surface area contributed by atoms with Crippen LogP contribution < -0.4 is 16.0 Å². The number of carbonyl (C=O) groups is 3. The van der Waals surface area contributed by atoms with Crippen molar-refractivity contribution >= 4 is 17.9 Å². The number of amides is 3. The molecule has 1 aromatic rings. The lowest BCUT2D eigenvalue weighted by molar-refractivity contribution is -0.139. The molecule has 1 atom stereocenters. The number of carbonyl (C=O) groups excluding carboxylic acids is 2. The molecule has 0 spiro atoms. The lowest BCUT2D eigenvalue weighted by Crippen LogP contribution is -2.46. The molecule has 0 aliphatic carbocycles. The lowest BCUT2D eigenvalue weighted by atomic mass is 10.3. The van der Waals surface area contributed by atoms with E-state index in [1.807, 2.05) is 0 Å². The van der Waals surface area contributed by atoms with Gasteiger partial charge in [0.1, 0.15) is 11.8 Å². The van der Waals surface area contributed by atoms with Crippen LogP contribution in [0.5, 0.6) is 0 Å². The van der Waals surface area contributed by atoms with Crippen LogP contribution in [-0.2, 0) is 16.1 Å². The average Bonchev–Trinajstić information content (AvgIpc) is 2.86. The van der Waals surface area contributed by atoms with Gasteiger partial charge in [-0.1, -0.05) is 0 Å². The van der Waals surface area contributed by atoms with Crippen molar-refractivity contribution in [3.05, 3.63) is 24.2 Å². The number of hydrogen-bond donors (Lipinski definition) is 4. The summed E-state index contributed by atoms with van der Waals surface area (Å²) in [5.74, 6) is -1.14. The third kappa shape index (κ3) is 5.68. The van der Waals surface area contributed by atoms with Crippen molar-refractivity contribution in [3.63, 3.8) is 0 Å². The first-order valence-corrected chi connectivity index (χ1v) is 5.55. The van der Waals surface area contributed by atoms with Gasteiger partial charge in [-0.3, -0.25) is 20.2 Å². The van der Waals surface area contributed by atoms with Gasteiger partial charge in [0.05, 0.1) is 19.4 Å². The smallest absolute Gasteiger partial charge is 0.321 e. The van der Waals surface area contributed by atoms with E-state index in [0.29, 0.717) is 5.76 Å². The van der Waals surface area contributed by atoms with E-state index >= 15 is 0 Å². The quantitative estimate of drug-likeness (QED) is 0.561. The molecule has 0 aromatic carbocycles. The fraction of sp³-hybridized carbons (Fsp3) is 0.364. The van der Waals surface area contributed by atoms with Crippen molar-refractivity contribution in [2.24, 2.45) is 0 Å². The first kappa shape index (κ1) is 14.7. The van der Waals surface area contributed by atoms with Crippen LogP contribution in [0.25, 0.3) is 0 Å². The molecular weight excluding hydrogens is 254 g/mol. The minimum atomic E-state index is -1.07. The predicted octanol–water partition coefficient (Wildman–Crippen LogP) is -0.332. The minimum absolute atomic E-state index is 0.158. The molecule has 104 valence electrons. The molecular formula is C11H15N3O5. The maximum absolute atomic E-state index is 11.3. The SMILES string of the molecule is C[C@@H](NCC(=O)NC(=O)NCc1ccco1)C(=O)O. The molecule has 0 unspecified atom stereocenters. The Morgan fingerprint density at radius 2 is 2.16 bits per heavy atom. The maximum atomic E-state index is 11.3. The Bertz CT molecular complexity index is 443. The van der Waals surface area contributed by atoms with Crippen molar-refractivity contribution < 1.29 is 23.9 Å². The zero-order valence-corrected chi connectivity index (χ0v) is 10.3. The summed E-state index contributed by atoms with van der Waals surface area (Å²) in [5.41, 5.74) is 0. The fourth-order valence-electron chi connectivity index (χ4n) is 1.13. The van der Waals surface area contributed by atoms with E-state index in [2.05, 4.69) is 16.0 Å². The monoisotopic (exact) mass is 269 g/mol. The van der Waals surface area contributed by atoms with Gasteiger partial charge in [0, 0.05) is 0 Å². The molecule has 0 saturated carbocycles. The second-order valence-corrected chi connectivity index (χ2v) is 3.75. The number of carboxylic acids is 1. The highest BCUT2D eigenvalue weighted by atomic mass is 16.4. The molecule has 1 rings (SSSR count). The van der Waals surface area contributed by atoms with Crippen LogP contribution in [0.2, 0.25) is 0 Å². The molecule has 3 amide bonds. The van der Waals surface area contributed by atoms with E-state index in [1.54, 1.807) is 12.1 Å². The van der Waals surface area contributed by atoms with Crippen LogP contribution in [0, 0.1) is 0 Å². The Morgan fingerprint density at radius 1 is 1.42 bits per heavy atom. The highest BCUT2D eigenvalue weighted by Gasteiger charge is 2.13. The molecule has 4 N–H and O–H groups in total. The molecule has 0 radical (unpaired) electrons. The van der Waals surface area contributed by atoms with Gasteiger partial charge < -0.3 is 14.8 Å². The summed E-state index contributed by atoms with van der Waals surface area (Å²) in [4.78, 5) is 33.1. The summed E-state index contributed by atoms with van der Waals surface area (Å²) >= 11 is 0. The van der Waals surface area contributed by atoms with E-state index in [9.17, 15) is 14.4 Å². The third-order valence-corrected chi connectivity index (χ3v) is 2.20. The van der Waals surface area contributed by atoms with Gasteiger partial charge in [-0.15, -0.1) is 0 Å². The number of nitrogens with one attached hydrogen (secondary N) is 3. The van der Waals surface area contributed by atoms with E-state index in [0.717, 1.165) is 0 Å². The Kier molecular flexibility index (Phi) is 5.55. The summed E-state index contributed by atoms with van der Waals surface area (Å²) in [5, 5.41) is 15.5. The van der Waals surface area contributed by atoms with Crippen LogP contribution in [0.1, 0.15) is 12.7 Å². The van der Waals surface area contributed by atoms with Crippen molar-refractivity contribution in [2.75, 3.05) is 6.54 Å². The van der Waals surface area contributed by atoms with E-state index in [-0.39, 0.29) is 13.1 Å². The molecule has 0 saturated heterocycles. The van der Waals surface area contributed by atoms with Crippen molar-refractivity contribution in [1.82, 2.24) is 16.0 Å². The second kappa shape index (κ2) is 7.17. The number of carboxylic acid groups (broad SMARTS) is 1. The van der Waals surface area contributed by atoms with Crippen molar-refractivity contribution in [1.29, 1.82) is 0 Å². The molecule has 8 heteroatoms. The summed E-state index contributed by atoms with van der Waals surface area (Å²) < 4.78 is 4.99. The number of aliphatic carboxylic acids is 1. The Hall–Kier alpha value is -2.35. The fourth-order valence-corrected chi connectivity index (χ4v) is 1.13. The first-order valence-electron chi connectivity index (χ1n) is 5.55. The molecule has 0 aliphatic heterocycles. The normalized spacial score (nSPS) is 11.6. The zero-order chi connectivity index (χ0) is 14.3. The van der Waals surface area contributed by atoms with Gasteiger partial charge >= 0.3 is 12.0 Å². The zero-order valence-electron chi connectivity index (χ0n) is 10.3. The van der Waals surface area contributed by atoms with E-state index in [4.69, 9.17) is 9.52 Å². The van der Waals surface area contributed by atoms with Crippen LogP contribution in [0.15, 0.2) is 22.8 Å². The average molecular weight is 269 g/mol. The maximum Gasteiger partial charge on any atom is 0.321 e. The number of rotatable bonds is 6. The third-order valence-electron chi connectivity index (χ3n) is 2.20. The summed E-state index contributed by atoms with van der Waals surface area (Å²) in [7, 11) is 0. The summed E-state index contributed by atoms with van der Waals surface area (Å²) in [6, 6.07) is 1.82. The minimum Gasteiger partial charge on any atom is -0.480 e. The van der Waals surface area contributed by atoms with Crippen LogP contribution in [0.3, 0.4) is 0 Å². The topological polar surface area (TPSA) is 121 Å². The molecule has 8 nitrogen and oxygen atoms in total. The number of hydrogen-bond acceptors (Lipinski definition) is 5. The Balaban J connectivity index is 2.20. The molecule has 0 aliphatic rings. The van der Waals surface area contributed by atoms with Crippen molar-refractivity contribution in [2.45, 2.75) is 19.5 Å². The Morgan fingerprint density at radius 3 is 2.74 bits per heavy atom. The highest BCUT2D eigenvalue weighted by molar-refractivity contribution is 5.95. The number of urea groups is 1. The molecule has 1 heterocycles. The van der Waals surface area contributed by atoms with Gasteiger partial charge in [0.25, 0.3) is 0 Å². The lowest BCUT2D eigenvalue weighted by Gasteiger charge is -2.09. The van der Waals surface area contributed by atoms with E-state index < -0.39 is 23.9 Å². The largest absolute Gasteiger partial charge is 0.480 e. The standard InChI is InChI=1S/C11H15N3O5/c1-7(10(16)17)12-6-9(15)14-11(18)13-5-8-3-2-4-19-8/h2-4,7,12H,5-6H2,1H3,(H,16,17)(H2,13,14,15,18)/t7-/m1/s1. The van der Waals surface area contributed by atoms with Crippen LogP contribution >= 0.6 is 0 Å². The van der Waals surface area contributed by atoms with Crippen molar-refractivity contribution in [3.8, 4) is 0 Å². The highest BCUT2D eigenvalue weighted by Crippen LogP contribution is 1.97. The van der Waals surface area contributed by atoms with E-state index in [1.165, 1.54) is 13.2 Å². The van der Waals surface area contributed by atoms with Gasteiger partial charge in [-0.05, 0) is 19.1 Å². The molecule has 0 bridgehead atoms. The second-order valence-electron chi connectivity index (χ2n) is 3.75. The number of furan rings is 1. The van der Waals surface area contributed by atoms with Crippen LogP contribution in [0.4, 0.5) is 4.79 Å². The number of imide groups is 1. The van der Waals surface area contributed by atoms with Crippen LogP contribution in [-0.4, -0.2) is 35.6 Å².